The van der Waals surface area contributed by atoms with Gasteiger partial charge in [-0.05, 0) is 43.0 Å². The summed E-state index contributed by atoms with van der Waals surface area (Å²) in [6, 6.07) is 9.38. The minimum Gasteiger partial charge on any atom is -0.420 e. The largest absolute Gasteiger partial charge is 0.420 e. The maximum absolute atomic E-state index is 12.6. The van der Waals surface area contributed by atoms with Gasteiger partial charge in [-0.25, -0.2) is 4.68 Å². The highest BCUT2D eigenvalue weighted by molar-refractivity contribution is 5.94. The minimum absolute atomic E-state index is 0.112. The van der Waals surface area contributed by atoms with Crippen LogP contribution in [0.1, 0.15) is 54.5 Å². The molecule has 1 atom stereocenters. The third-order valence-electron chi connectivity index (χ3n) is 4.94. The first-order chi connectivity index (χ1) is 14.0. The summed E-state index contributed by atoms with van der Waals surface area (Å²) in [4.78, 5) is 12.6. The molecule has 0 bridgehead atoms. The molecule has 29 heavy (non-hydrogen) atoms. The number of amides is 1. The highest BCUT2D eigenvalue weighted by atomic mass is 16.5. The van der Waals surface area contributed by atoms with E-state index in [0.29, 0.717) is 29.6 Å². The van der Waals surface area contributed by atoms with E-state index in [-0.39, 0.29) is 17.9 Å². The van der Waals surface area contributed by atoms with Crippen molar-refractivity contribution in [2.45, 2.75) is 45.6 Å². The van der Waals surface area contributed by atoms with Crippen molar-refractivity contribution in [2.24, 2.45) is 0 Å². The molecule has 4 rings (SSSR count). The lowest BCUT2D eigenvalue weighted by Crippen LogP contribution is -2.31. The molecule has 1 aliphatic heterocycles. The summed E-state index contributed by atoms with van der Waals surface area (Å²) in [5.74, 6) is 0.977. The number of aryl methyl sites for hydroxylation is 1. The van der Waals surface area contributed by atoms with Crippen molar-refractivity contribution >= 4 is 5.91 Å². The van der Waals surface area contributed by atoms with Gasteiger partial charge in [0.05, 0.1) is 11.8 Å². The number of hydrogen-bond acceptors (Lipinski definition) is 6. The van der Waals surface area contributed by atoms with Gasteiger partial charge in [-0.15, -0.1) is 10.2 Å². The van der Waals surface area contributed by atoms with Crippen LogP contribution in [0.4, 0.5) is 0 Å². The average Bonchev–Trinajstić information content (AvgIpc) is 3.46. The van der Waals surface area contributed by atoms with Crippen molar-refractivity contribution in [1.82, 2.24) is 25.3 Å². The number of nitrogens with one attached hydrogen (secondary N) is 1. The molecule has 1 fully saturated rings. The van der Waals surface area contributed by atoms with Crippen LogP contribution < -0.4 is 5.32 Å². The van der Waals surface area contributed by atoms with Crippen molar-refractivity contribution in [3.05, 3.63) is 47.5 Å². The number of nitrogens with zero attached hydrogens (tertiary/aromatic N) is 4. The molecule has 0 spiro atoms. The Bertz CT molecular complexity index is 1000. The van der Waals surface area contributed by atoms with Gasteiger partial charge in [0.2, 0.25) is 5.89 Å². The second-order valence-electron chi connectivity index (χ2n) is 7.54. The number of rotatable bonds is 6. The average molecular weight is 395 g/mol. The normalized spacial score (nSPS) is 16.5. The Kier molecular flexibility index (Phi) is 5.44. The smallest absolute Gasteiger partial charge is 0.268 e. The second kappa shape index (κ2) is 8.16. The molecular formula is C21H25N5O3. The van der Waals surface area contributed by atoms with Gasteiger partial charge in [0, 0.05) is 31.3 Å². The standard InChI is InChI=1S/C21H25N5O3/c1-13(2)19-11-18(21-24-23-14(3)29-21)25-26(19)16-7-4-6-15(10-16)20(27)22-12-17-8-5-9-28-17/h4,6-7,10-11,13,17H,5,8-9,12H2,1-3H3,(H,22,27)/t17-/m1/s1. The molecular weight excluding hydrogens is 370 g/mol. The molecule has 1 N–H and O–H groups in total. The highest BCUT2D eigenvalue weighted by Crippen LogP contribution is 2.26. The fourth-order valence-corrected chi connectivity index (χ4v) is 3.41. The lowest BCUT2D eigenvalue weighted by atomic mass is 10.1. The van der Waals surface area contributed by atoms with Gasteiger partial charge in [-0.3, -0.25) is 4.79 Å². The van der Waals surface area contributed by atoms with Gasteiger partial charge >= 0.3 is 0 Å². The highest BCUT2D eigenvalue weighted by Gasteiger charge is 2.19. The quantitative estimate of drug-likeness (QED) is 0.688. The van der Waals surface area contributed by atoms with Gasteiger partial charge in [0.25, 0.3) is 11.8 Å². The van der Waals surface area contributed by atoms with E-state index >= 15 is 0 Å². The van der Waals surface area contributed by atoms with Crippen molar-refractivity contribution < 1.29 is 13.9 Å². The minimum atomic E-state index is -0.117. The maximum atomic E-state index is 12.6. The zero-order chi connectivity index (χ0) is 20.4. The van der Waals surface area contributed by atoms with Crippen LogP contribution in [-0.4, -0.2) is 45.1 Å². The number of benzene rings is 1. The van der Waals surface area contributed by atoms with E-state index in [4.69, 9.17) is 9.15 Å². The van der Waals surface area contributed by atoms with E-state index in [9.17, 15) is 4.79 Å². The molecule has 1 saturated heterocycles. The summed E-state index contributed by atoms with van der Waals surface area (Å²) in [5.41, 5.74) is 3.00. The van der Waals surface area contributed by atoms with E-state index < -0.39 is 0 Å². The van der Waals surface area contributed by atoms with Crippen LogP contribution in [-0.2, 0) is 4.74 Å². The van der Waals surface area contributed by atoms with Crippen LogP contribution in [0.15, 0.2) is 34.7 Å². The van der Waals surface area contributed by atoms with E-state index in [1.165, 1.54) is 0 Å². The SMILES string of the molecule is Cc1nnc(-c2cc(C(C)C)n(-c3cccc(C(=O)NC[C@H]4CCCO4)c3)n2)o1. The number of carbonyl (C=O) groups is 1. The molecule has 0 aliphatic carbocycles. The van der Waals surface area contributed by atoms with Crippen LogP contribution in [0.25, 0.3) is 17.3 Å². The maximum Gasteiger partial charge on any atom is 0.268 e. The van der Waals surface area contributed by atoms with Gasteiger partial charge in [0.1, 0.15) is 5.69 Å². The Labute approximate surface area is 169 Å². The first-order valence-electron chi connectivity index (χ1n) is 9.92. The molecule has 0 unspecified atom stereocenters. The summed E-state index contributed by atoms with van der Waals surface area (Å²) < 4.78 is 12.9. The molecule has 2 aromatic heterocycles. The fourth-order valence-electron chi connectivity index (χ4n) is 3.41. The molecule has 1 amide bonds. The molecule has 0 radical (unpaired) electrons. The molecule has 3 heterocycles. The van der Waals surface area contributed by atoms with E-state index in [2.05, 4.69) is 34.5 Å². The number of hydrogen-bond donors (Lipinski definition) is 1. The monoisotopic (exact) mass is 395 g/mol. The van der Waals surface area contributed by atoms with Crippen LogP contribution >= 0.6 is 0 Å². The molecule has 1 aliphatic rings. The third-order valence-corrected chi connectivity index (χ3v) is 4.94. The van der Waals surface area contributed by atoms with Gasteiger partial charge < -0.3 is 14.5 Å². The summed E-state index contributed by atoms with van der Waals surface area (Å²) in [7, 11) is 0. The van der Waals surface area contributed by atoms with Crippen molar-refractivity contribution in [3.63, 3.8) is 0 Å². The summed E-state index contributed by atoms with van der Waals surface area (Å²) in [6.45, 7) is 7.23. The first-order valence-corrected chi connectivity index (χ1v) is 9.92. The second-order valence-corrected chi connectivity index (χ2v) is 7.54. The van der Waals surface area contributed by atoms with E-state index in [0.717, 1.165) is 30.8 Å². The Morgan fingerprint density at radius 2 is 2.17 bits per heavy atom. The number of aromatic nitrogens is 4. The van der Waals surface area contributed by atoms with Crippen LogP contribution in [0.3, 0.4) is 0 Å². The van der Waals surface area contributed by atoms with Crippen molar-refractivity contribution in [3.8, 4) is 17.3 Å². The Hall–Kier alpha value is -3.00. The van der Waals surface area contributed by atoms with Crippen LogP contribution in [0, 0.1) is 6.92 Å². The summed E-state index contributed by atoms with van der Waals surface area (Å²) in [6.07, 6.45) is 2.15. The topological polar surface area (TPSA) is 95.1 Å². The predicted octanol–water partition coefficient (Wildman–Crippen LogP) is 3.26. The van der Waals surface area contributed by atoms with Crippen molar-refractivity contribution in [2.75, 3.05) is 13.2 Å². The Morgan fingerprint density at radius 3 is 2.86 bits per heavy atom. The lowest BCUT2D eigenvalue weighted by Gasteiger charge is -2.13. The molecule has 3 aromatic rings. The number of ether oxygens (including phenoxy) is 1. The molecule has 8 heteroatoms. The van der Waals surface area contributed by atoms with Crippen LogP contribution in [0.2, 0.25) is 0 Å². The first kappa shape index (κ1) is 19.3. The van der Waals surface area contributed by atoms with E-state index in [1.807, 2.05) is 28.9 Å². The predicted molar refractivity (Wildman–Crippen MR) is 107 cm³/mol. The zero-order valence-corrected chi connectivity index (χ0v) is 16.9. The number of carbonyl (C=O) groups excluding carboxylic acids is 1. The van der Waals surface area contributed by atoms with Gasteiger partial charge in [-0.1, -0.05) is 19.9 Å². The molecule has 8 nitrogen and oxygen atoms in total. The van der Waals surface area contributed by atoms with Crippen LogP contribution in [0.5, 0.6) is 0 Å². The lowest BCUT2D eigenvalue weighted by molar-refractivity contribution is 0.0857. The Morgan fingerprint density at radius 1 is 1.31 bits per heavy atom. The summed E-state index contributed by atoms with van der Waals surface area (Å²) in [5, 5.41) is 15.6. The van der Waals surface area contributed by atoms with E-state index in [1.54, 1.807) is 13.0 Å². The molecule has 152 valence electrons. The zero-order valence-electron chi connectivity index (χ0n) is 16.9. The Balaban J connectivity index is 1.60. The summed E-state index contributed by atoms with van der Waals surface area (Å²) >= 11 is 0. The third kappa shape index (κ3) is 4.22. The van der Waals surface area contributed by atoms with Crippen molar-refractivity contribution in [1.29, 1.82) is 0 Å². The molecule has 1 aromatic carbocycles. The van der Waals surface area contributed by atoms with Gasteiger partial charge in [-0.2, -0.15) is 5.10 Å². The molecule has 0 saturated carbocycles. The fraction of sp³-hybridized carbons (Fsp3) is 0.429. The van der Waals surface area contributed by atoms with Gasteiger partial charge in [0.15, 0.2) is 0 Å².